The Morgan fingerprint density at radius 2 is 2.00 bits per heavy atom. The summed E-state index contributed by atoms with van der Waals surface area (Å²) in [5.41, 5.74) is -0.00926. The lowest BCUT2D eigenvalue weighted by molar-refractivity contribution is 0.192. The molecule has 0 aliphatic carbocycles. The van der Waals surface area contributed by atoms with Crippen LogP contribution in [0.2, 0.25) is 0 Å². The first-order valence-corrected chi connectivity index (χ1v) is 3.25. The fourth-order valence-corrected chi connectivity index (χ4v) is 0.843. The normalized spacial score (nSPS) is 13.1. The molecule has 1 aromatic carbocycles. The van der Waals surface area contributed by atoms with E-state index in [9.17, 15) is 8.78 Å². The van der Waals surface area contributed by atoms with Gasteiger partial charge in [-0.25, -0.2) is 8.78 Å². The zero-order valence-electron chi connectivity index (χ0n) is 6.01. The average molecular weight is 158 g/mol. The minimum Gasteiger partial charge on any atom is -0.389 e. The molecule has 0 saturated heterocycles. The number of halogens is 2. The molecule has 0 spiro atoms. The molecular weight excluding hydrogens is 150 g/mol. The molecule has 0 fully saturated rings. The third-order valence-electron chi connectivity index (χ3n) is 1.43. The van der Waals surface area contributed by atoms with E-state index in [0.29, 0.717) is 0 Å². The molecule has 0 heterocycles. The Kier molecular flexibility index (Phi) is 2.19. The largest absolute Gasteiger partial charge is 0.389 e. The second-order valence-corrected chi connectivity index (χ2v) is 2.32. The van der Waals surface area contributed by atoms with Gasteiger partial charge in [0.05, 0.1) is 6.10 Å². The van der Waals surface area contributed by atoms with Crippen LogP contribution in [0.3, 0.4) is 0 Å². The highest BCUT2D eigenvalue weighted by Crippen LogP contribution is 2.17. The van der Waals surface area contributed by atoms with Crippen LogP contribution >= 0.6 is 0 Å². The molecule has 0 amide bonds. The van der Waals surface area contributed by atoms with Gasteiger partial charge in [0, 0.05) is 5.56 Å². The smallest absolute Gasteiger partial charge is 0.164 e. The maximum Gasteiger partial charge on any atom is 0.164 e. The topological polar surface area (TPSA) is 20.2 Å². The zero-order valence-corrected chi connectivity index (χ0v) is 6.01. The van der Waals surface area contributed by atoms with E-state index in [1.807, 2.05) is 0 Å². The Morgan fingerprint density at radius 1 is 1.36 bits per heavy atom. The minimum absolute atomic E-state index is 0.00926. The summed E-state index contributed by atoms with van der Waals surface area (Å²) in [5, 5.41) is 8.92. The molecule has 0 saturated carbocycles. The van der Waals surface area contributed by atoms with Crippen LogP contribution < -0.4 is 0 Å². The summed E-state index contributed by atoms with van der Waals surface area (Å²) in [4.78, 5) is 0. The van der Waals surface area contributed by atoms with Crippen LogP contribution in [0, 0.1) is 11.6 Å². The van der Waals surface area contributed by atoms with Crippen LogP contribution in [0.4, 0.5) is 8.78 Å². The molecule has 1 atom stereocenters. The highest BCUT2D eigenvalue weighted by atomic mass is 19.2. The van der Waals surface area contributed by atoms with E-state index in [0.717, 1.165) is 6.07 Å². The number of hydrogen-bond donors (Lipinski definition) is 1. The molecule has 3 heteroatoms. The second-order valence-electron chi connectivity index (χ2n) is 2.32. The standard InChI is InChI=1S/C8H8F2O/c1-5(11)6-3-2-4-7(9)8(6)10/h2-5,11H,1H3/t5-/m1/s1. The maximum absolute atomic E-state index is 12.7. The Hall–Kier alpha value is -0.960. The van der Waals surface area contributed by atoms with Crippen molar-refractivity contribution in [3.63, 3.8) is 0 Å². The van der Waals surface area contributed by atoms with Crippen molar-refractivity contribution in [2.24, 2.45) is 0 Å². The van der Waals surface area contributed by atoms with Crippen LogP contribution in [0.15, 0.2) is 18.2 Å². The third-order valence-corrected chi connectivity index (χ3v) is 1.43. The first-order chi connectivity index (χ1) is 5.13. The van der Waals surface area contributed by atoms with E-state index in [2.05, 4.69) is 0 Å². The van der Waals surface area contributed by atoms with Crippen molar-refractivity contribution in [3.05, 3.63) is 35.4 Å². The highest BCUT2D eigenvalue weighted by Gasteiger charge is 2.10. The van der Waals surface area contributed by atoms with Gasteiger partial charge in [0.1, 0.15) is 0 Å². The van der Waals surface area contributed by atoms with Gasteiger partial charge in [-0.15, -0.1) is 0 Å². The van der Waals surface area contributed by atoms with Crippen LogP contribution in [0.5, 0.6) is 0 Å². The summed E-state index contributed by atoms with van der Waals surface area (Å²) in [6, 6.07) is 3.73. The number of aliphatic hydroxyl groups is 1. The molecule has 0 aliphatic rings. The monoisotopic (exact) mass is 158 g/mol. The van der Waals surface area contributed by atoms with Gasteiger partial charge in [0.2, 0.25) is 0 Å². The number of benzene rings is 1. The van der Waals surface area contributed by atoms with Crippen molar-refractivity contribution in [3.8, 4) is 0 Å². The van der Waals surface area contributed by atoms with Gasteiger partial charge < -0.3 is 5.11 Å². The quantitative estimate of drug-likeness (QED) is 0.662. The van der Waals surface area contributed by atoms with Gasteiger partial charge in [0.15, 0.2) is 11.6 Å². The summed E-state index contributed by atoms with van der Waals surface area (Å²) in [6.45, 7) is 1.39. The van der Waals surface area contributed by atoms with Crippen molar-refractivity contribution >= 4 is 0 Å². The van der Waals surface area contributed by atoms with Crippen molar-refractivity contribution in [2.45, 2.75) is 13.0 Å². The van der Waals surface area contributed by atoms with Gasteiger partial charge in [-0.05, 0) is 13.0 Å². The molecule has 1 aromatic rings. The maximum atomic E-state index is 12.7. The molecule has 1 rings (SSSR count). The van der Waals surface area contributed by atoms with Gasteiger partial charge in [-0.3, -0.25) is 0 Å². The van der Waals surface area contributed by atoms with E-state index in [-0.39, 0.29) is 5.56 Å². The SMILES string of the molecule is C[C@@H](O)c1cccc(F)c1F. The van der Waals surface area contributed by atoms with Crippen molar-refractivity contribution in [1.82, 2.24) is 0 Å². The molecular formula is C8H8F2O. The highest BCUT2D eigenvalue weighted by molar-refractivity contribution is 5.20. The fourth-order valence-electron chi connectivity index (χ4n) is 0.843. The van der Waals surface area contributed by atoms with Gasteiger partial charge >= 0.3 is 0 Å². The Labute approximate surface area is 63.3 Å². The van der Waals surface area contributed by atoms with E-state index < -0.39 is 17.7 Å². The minimum atomic E-state index is -0.970. The van der Waals surface area contributed by atoms with Crippen LogP contribution in [-0.4, -0.2) is 5.11 Å². The average Bonchev–Trinajstić information content (AvgIpc) is 1.94. The predicted octanol–water partition coefficient (Wildman–Crippen LogP) is 2.02. The number of hydrogen-bond acceptors (Lipinski definition) is 1. The molecule has 1 N–H and O–H groups in total. The van der Waals surface area contributed by atoms with Crippen LogP contribution in [0.25, 0.3) is 0 Å². The fraction of sp³-hybridized carbons (Fsp3) is 0.250. The van der Waals surface area contributed by atoms with E-state index >= 15 is 0 Å². The first-order valence-electron chi connectivity index (χ1n) is 3.25. The number of aliphatic hydroxyl groups excluding tert-OH is 1. The first kappa shape index (κ1) is 8.14. The van der Waals surface area contributed by atoms with E-state index in [1.54, 1.807) is 0 Å². The van der Waals surface area contributed by atoms with Gasteiger partial charge in [-0.1, -0.05) is 12.1 Å². The summed E-state index contributed by atoms with van der Waals surface area (Å²) < 4.78 is 25.2. The summed E-state index contributed by atoms with van der Waals surface area (Å²) in [5.74, 6) is -1.90. The van der Waals surface area contributed by atoms with Crippen LogP contribution in [0.1, 0.15) is 18.6 Å². The molecule has 0 aliphatic heterocycles. The summed E-state index contributed by atoms with van der Waals surface area (Å²) in [6.07, 6.45) is -0.967. The lowest BCUT2D eigenvalue weighted by atomic mass is 10.1. The van der Waals surface area contributed by atoms with Gasteiger partial charge in [-0.2, -0.15) is 0 Å². The van der Waals surface area contributed by atoms with Gasteiger partial charge in [0.25, 0.3) is 0 Å². The van der Waals surface area contributed by atoms with Crippen molar-refractivity contribution < 1.29 is 13.9 Å². The lowest BCUT2D eigenvalue weighted by Gasteiger charge is -2.05. The third kappa shape index (κ3) is 1.54. The molecule has 0 unspecified atom stereocenters. The van der Waals surface area contributed by atoms with E-state index in [4.69, 9.17) is 5.11 Å². The number of rotatable bonds is 1. The second kappa shape index (κ2) is 2.96. The Morgan fingerprint density at radius 3 is 2.45 bits per heavy atom. The Balaban J connectivity index is 3.17. The summed E-state index contributed by atoms with van der Waals surface area (Å²) in [7, 11) is 0. The van der Waals surface area contributed by atoms with Crippen LogP contribution in [-0.2, 0) is 0 Å². The molecule has 11 heavy (non-hydrogen) atoms. The molecule has 0 aromatic heterocycles. The predicted molar refractivity (Wildman–Crippen MR) is 37.0 cm³/mol. The zero-order chi connectivity index (χ0) is 8.43. The molecule has 0 radical (unpaired) electrons. The molecule has 0 bridgehead atoms. The van der Waals surface area contributed by atoms with E-state index in [1.165, 1.54) is 19.1 Å². The molecule has 1 nitrogen and oxygen atoms in total. The molecule has 60 valence electrons. The lowest BCUT2D eigenvalue weighted by Crippen LogP contribution is -1.97. The summed E-state index contributed by atoms with van der Waals surface area (Å²) >= 11 is 0. The Bertz CT molecular complexity index is 258. The van der Waals surface area contributed by atoms with Crippen molar-refractivity contribution in [2.75, 3.05) is 0 Å². The van der Waals surface area contributed by atoms with Crippen molar-refractivity contribution in [1.29, 1.82) is 0 Å².